The number of allylic oxidation sites excluding steroid dienone is 3. The smallest absolute Gasteiger partial charge is 0.204 e. The molecule has 6 N–H and O–H groups in total. The van der Waals surface area contributed by atoms with Crippen LogP contribution in [0.4, 0.5) is 11.4 Å². The second-order valence-corrected chi connectivity index (χ2v) is 6.37. The Morgan fingerprint density at radius 1 is 0.615 bits per heavy atom. The highest BCUT2D eigenvalue weighted by atomic mass is 14.5. The molecule has 126 valence electrons. The lowest BCUT2D eigenvalue weighted by atomic mass is 9.84. The Kier molecular flexibility index (Phi) is 3.90. The van der Waals surface area contributed by atoms with Gasteiger partial charge in [0.1, 0.15) is 0 Å². The lowest BCUT2D eigenvalue weighted by Gasteiger charge is -2.19. The summed E-state index contributed by atoms with van der Waals surface area (Å²) in [6, 6.07) is 24.1. The molecule has 0 atom stereocenters. The Labute approximate surface area is 152 Å². The number of benzene rings is 3. The van der Waals surface area contributed by atoms with Gasteiger partial charge in [0.2, 0.25) is 5.71 Å². The molecule has 0 aromatic heterocycles. The van der Waals surface area contributed by atoms with E-state index in [0.717, 1.165) is 50.5 Å². The third-order valence-corrected chi connectivity index (χ3v) is 4.63. The Hall–Kier alpha value is -3.59. The van der Waals surface area contributed by atoms with Gasteiger partial charge in [0.05, 0.1) is 5.56 Å². The minimum Gasteiger partial charge on any atom is -0.399 e. The highest BCUT2D eigenvalue weighted by Gasteiger charge is 2.21. The molecule has 3 aromatic carbocycles. The van der Waals surface area contributed by atoms with Crippen molar-refractivity contribution in [2.24, 2.45) is 0 Å². The summed E-state index contributed by atoms with van der Waals surface area (Å²) in [4.78, 5) is 0. The van der Waals surface area contributed by atoms with Crippen molar-refractivity contribution in [3.63, 3.8) is 0 Å². The maximum absolute atomic E-state index is 6.20. The van der Waals surface area contributed by atoms with E-state index in [1.54, 1.807) is 0 Å². The van der Waals surface area contributed by atoms with Gasteiger partial charge >= 0.3 is 0 Å². The van der Waals surface area contributed by atoms with Gasteiger partial charge in [-0.3, -0.25) is 5.41 Å². The molecule has 0 fully saturated rings. The predicted octanol–water partition coefficient (Wildman–Crippen LogP) is 2.93. The van der Waals surface area contributed by atoms with Gasteiger partial charge in [0.15, 0.2) is 0 Å². The second-order valence-electron chi connectivity index (χ2n) is 6.37. The number of hydrogen-bond acceptors (Lipinski definition) is 2. The van der Waals surface area contributed by atoms with Crippen LogP contribution < -0.4 is 16.9 Å². The van der Waals surface area contributed by atoms with E-state index in [-0.39, 0.29) is 0 Å². The molecule has 0 heterocycles. The third-order valence-electron chi connectivity index (χ3n) is 4.63. The average Bonchev–Trinajstić information content (AvgIpc) is 2.67. The quantitative estimate of drug-likeness (QED) is 0.628. The Bertz CT molecular complexity index is 992. The highest BCUT2D eigenvalue weighted by molar-refractivity contribution is 6.16. The van der Waals surface area contributed by atoms with Crippen molar-refractivity contribution in [3.05, 3.63) is 107 Å². The van der Waals surface area contributed by atoms with Crippen molar-refractivity contribution >= 4 is 28.2 Å². The SMILES string of the molecule is Nc1ccc(C(=C2C=CC(=[NH2+])c3ccccc32)c2ccc(N)cc2)cc1. The van der Waals surface area contributed by atoms with Crippen LogP contribution in [0.25, 0.3) is 11.1 Å². The molecule has 1 aliphatic rings. The van der Waals surface area contributed by atoms with Gasteiger partial charge < -0.3 is 11.5 Å². The van der Waals surface area contributed by atoms with E-state index in [2.05, 4.69) is 18.2 Å². The van der Waals surface area contributed by atoms with Crippen molar-refractivity contribution in [1.82, 2.24) is 0 Å². The van der Waals surface area contributed by atoms with Gasteiger partial charge in [-0.15, -0.1) is 0 Å². The summed E-state index contributed by atoms with van der Waals surface area (Å²) in [6.45, 7) is 0. The molecule has 3 aromatic rings. The van der Waals surface area contributed by atoms with Crippen LogP contribution in [-0.2, 0) is 0 Å². The molecular weight excluding hydrogens is 318 g/mol. The van der Waals surface area contributed by atoms with Gasteiger partial charge in [0, 0.05) is 17.5 Å². The van der Waals surface area contributed by atoms with Gasteiger partial charge in [-0.05, 0) is 64.2 Å². The number of nitrogen functional groups attached to an aromatic ring is 2. The Balaban J connectivity index is 2.03. The summed E-state index contributed by atoms with van der Waals surface area (Å²) < 4.78 is 0. The minimum absolute atomic E-state index is 0.743. The van der Waals surface area contributed by atoms with Crippen LogP contribution in [0.15, 0.2) is 84.9 Å². The van der Waals surface area contributed by atoms with E-state index in [4.69, 9.17) is 16.9 Å². The molecule has 0 spiro atoms. The lowest BCUT2D eigenvalue weighted by Crippen LogP contribution is -2.40. The van der Waals surface area contributed by atoms with Crippen LogP contribution >= 0.6 is 0 Å². The Morgan fingerprint density at radius 2 is 1.12 bits per heavy atom. The molecule has 0 bridgehead atoms. The minimum atomic E-state index is 0.743. The van der Waals surface area contributed by atoms with Crippen LogP contribution in [0.1, 0.15) is 22.3 Å². The van der Waals surface area contributed by atoms with Crippen molar-refractivity contribution in [3.8, 4) is 0 Å². The maximum Gasteiger partial charge on any atom is 0.204 e. The molecule has 0 aliphatic heterocycles. The van der Waals surface area contributed by atoms with Crippen LogP contribution in [0.3, 0.4) is 0 Å². The summed E-state index contributed by atoms with van der Waals surface area (Å²) in [5.74, 6) is 0. The van der Waals surface area contributed by atoms with E-state index in [9.17, 15) is 0 Å². The molecule has 26 heavy (non-hydrogen) atoms. The van der Waals surface area contributed by atoms with Gasteiger partial charge in [-0.2, -0.15) is 0 Å². The zero-order chi connectivity index (χ0) is 18.1. The monoisotopic (exact) mass is 338 g/mol. The average molecular weight is 338 g/mol. The fourth-order valence-electron chi connectivity index (χ4n) is 3.32. The number of anilines is 2. The first-order valence-electron chi connectivity index (χ1n) is 8.50. The lowest BCUT2D eigenvalue weighted by molar-refractivity contribution is -0.111. The van der Waals surface area contributed by atoms with E-state index in [1.807, 2.05) is 66.7 Å². The van der Waals surface area contributed by atoms with Crippen LogP contribution in [0, 0.1) is 0 Å². The summed E-state index contributed by atoms with van der Waals surface area (Å²) in [5, 5.41) is 6.20. The number of hydrogen-bond donors (Lipinski definition) is 3. The zero-order valence-corrected chi connectivity index (χ0v) is 14.3. The molecule has 0 unspecified atom stereocenters. The highest BCUT2D eigenvalue weighted by Crippen LogP contribution is 2.36. The molecular formula is C23H20N3+. The van der Waals surface area contributed by atoms with Crippen LogP contribution in [0.2, 0.25) is 0 Å². The van der Waals surface area contributed by atoms with Crippen LogP contribution in [0.5, 0.6) is 0 Å². The molecule has 1 aliphatic carbocycles. The van der Waals surface area contributed by atoms with Crippen molar-refractivity contribution in [1.29, 1.82) is 0 Å². The number of nitrogens with two attached hydrogens (primary N) is 3. The zero-order valence-electron chi connectivity index (χ0n) is 14.3. The van der Waals surface area contributed by atoms with Crippen LogP contribution in [-0.4, -0.2) is 5.71 Å². The normalized spacial score (nSPS) is 12.8. The second kappa shape index (κ2) is 6.37. The number of rotatable bonds is 2. The molecule has 3 heteroatoms. The number of fused-ring (bicyclic) bond motifs is 1. The Morgan fingerprint density at radius 3 is 1.65 bits per heavy atom. The van der Waals surface area contributed by atoms with E-state index in [0.29, 0.717) is 0 Å². The largest absolute Gasteiger partial charge is 0.399 e. The standard InChI is InChI=1S/C23H19N3/c24-17-9-5-15(6-10-17)23(16-7-11-18(25)12-8-16)21-13-14-22(26)20-4-2-1-3-19(20)21/h1-14,26H,24-25H2/p+1. The molecule has 0 amide bonds. The summed E-state index contributed by atoms with van der Waals surface area (Å²) in [6.07, 6.45) is 4.05. The van der Waals surface area contributed by atoms with Gasteiger partial charge in [-0.25, -0.2) is 0 Å². The summed E-state index contributed by atoms with van der Waals surface area (Å²) in [7, 11) is 0. The topological polar surface area (TPSA) is 77.6 Å². The van der Waals surface area contributed by atoms with E-state index >= 15 is 0 Å². The third kappa shape index (κ3) is 2.80. The first kappa shape index (κ1) is 15.9. The van der Waals surface area contributed by atoms with Crippen molar-refractivity contribution < 1.29 is 5.41 Å². The molecule has 0 radical (unpaired) electrons. The fraction of sp³-hybridized carbons (Fsp3) is 0. The van der Waals surface area contributed by atoms with Gasteiger partial charge in [0.25, 0.3) is 0 Å². The summed E-state index contributed by atoms with van der Waals surface area (Å²) >= 11 is 0. The van der Waals surface area contributed by atoms with Crippen molar-refractivity contribution in [2.75, 3.05) is 11.5 Å². The molecule has 4 rings (SSSR count). The van der Waals surface area contributed by atoms with E-state index in [1.165, 1.54) is 0 Å². The molecule has 0 saturated heterocycles. The fourth-order valence-corrected chi connectivity index (χ4v) is 3.32. The first-order chi connectivity index (χ1) is 12.6. The van der Waals surface area contributed by atoms with E-state index < -0.39 is 0 Å². The summed E-state index contributed by atoms with van der Waals surface area (Å²) in [5.41, 5.74) is 20.7. The first-order valence-corrected chi connectivity index (χ1v) is 8.50. The van der Waals surface area contributed by atoms with Crippen molar-refractivity contribution in [2.45, 2.75) is 0 Å². The van der Waals surface area contributed by atoms with Gasteiger partial charge in [-0.1, -0.05) is 42.5 Å². The molecule has 0 saturated carbocycles. The maximum atomic E-state index is 6.20. The predicted molar refractivity (Wildman–Crippen MR) is 109 cm³/mol. The molecule has 3 nitrogen and oxygen atoms in total.